The molecule has 6 nitrogen and oxygen atoms in total. The summed E-state index contributed by atoms with van der Waals surface area (Å²) in [4.78, 5) is 16.1. The Labute approximate surface area is 95.2 Å². The molecule has 6 heteroatoms. The van der Waals surface area contributed by atoms with Crippen LogP contribution in [0.3, 0.4) is 0 Å². The van der Waals surface area contributed by atoms with E-state index in [4.69, 9.17) is 10.3 Å². The molecule has 90 valence electrons. The number of rotatable bonds is 1. The standard InChI is InChI=1S/C10H18N4O2/c1-7-5-14(6-8(7)12-13-11)9(15)16-10(2,3)4/h7-8H,5-6H2,1-4H3/t7-,8?/m0/s1. The molecule has 1 aliphatic heterocycles. The molecule has 1 unspecified atom stereocenters. The third-order valence-electron chi connectivity index (χ3n) is 2.42. The van der Waals surface area contributed by atoms with Crippen LogP contribution in [0.2, 0.25) is 0 Å². The molecule has 16 heavy (non-hydrogen) atoms. The minimum Gasteiger partial charge on any atom is -0.444 e. The summed E-state index contributed by atoms with van der Waals surface area (Å²) in [5, 5.41) is 3.66. The van der Waals surface area contributed by atoms with Crippen LogP contribution in [0.25, 0.3) is 10.4 Å². The van der Waals surface area contributed by atoms with E-state index in [1.54, 1.807) is 4.90 Å². The topological polar surface area (TPSA) is 78.3 Å². The average molecular weight is 226 g/mol. The molecule has 0 aromatic carbocycles. The second-order valence-electron chi connectivity index (χ2n) is 5.13. The lowest BCUT2D eigenvalue weighted by Crippen LogP contribution is -2.35. The molecule has 0 saturated carbocycles. The maximum atomic E-state index is 11.7. The fourth-order valence-electron chi connectivity index (χ4n) is 1.64. The van der Waals surface area contributed by atoms with Crippen molar-refractivity contribution < 1.29 is 9.53 Å². The van der Waals surface area contributed by atoms with Crippen LogP contribution in [0.4, 0.5) is 4.79 Å². The number of ether oxygens (including phenoxy) is 1. The molecule has 0 bridgehead atoms. The zero-order valence-corrected chi connectivity index (χ0v) is 10.2. The van der Waals surface area contributed by atoms with Crippen LogP contribution in [0.1, 0.15) is 27.7 Å². The number of hydrogen-bond donors (Lipinski definition) is 0. The van der Waals surface area contributed by atoms with Gasteiger partial charge in [-0.1, -0.05) is 12.0 Å². The molecule has 1 heterocycles. The predicted octanol–water partition coefficient (Wildman–Crippen LogP) is 2.55. The third-order valence-corrected chi connectivity index (χ3v) is 2.42. The summed E-state index contributed by atoms with van der Waals surface area (Å²) in [6.07, 6.45) is -0.338. The molecule has 0 radical (unpaired) electrons. The molecule has 2 atom stereocenters. The van der Waals surface area contributed by atoms with E-state index in [2.05, 4.69) is 10.0 Å². The van der Waals surface area contributed by atoms with Gasteiger partial charge in [-0.2, -0.15) is 0 Å². The molecule has 1 saturated heterocycles. The van der Waals surface area contributed by atoms with Crippen molar-refractivity contribution in [3.63, 3.8) is 0 Å². The van der Waals surface area contributed by atoms with Crippen molar-refractivity contribution in [2.75, 3.05) is 13.1 Å². The smallest absolute Gasteiger partial charge is 0.410 e. The zero-order valence-electron chi connectivity index (χ0n) is 10.2. The first kappa shape index (κ1) is 12.6. The van der Waals surface area contributed by atoms with Crippen LogP contribution < -0.4 is 0 Å². The van der Waals surface area contributed by atoms with Crippen molar-refractivity contribution >= 4 is 6.09 Å². The summed E-state index contributed by atoms with van der Waals surface area (Å²) in [5.74, 6) is 0.184. The lowest BCUT2D eigenvalue weighted by Gasteiger charge is -2.24. The Bertz CT molecular complexity index is 317. The second kappa shape index (κ2) is 4.61. The number of nitrogens with zero attached hydrogens (tertiary/aromatic N) is 4. The Morgan fingerprint density at radius 1 is 1.50 bits per heavy atom. The lowest BCUT2D eigenvalue weighted by molar-refractivity contribution is 0.0288. The van der Waals surface area contributed by atoms with Gasteiger partial charge in [0.15, 0.2) is 0 Å². The van der Waals surface area contributed by atoms with Gasteiger partial charge in [-0.25, -0.2) is 4.79 Å². The summed E-state index contributed by atoms with van der Waals surface area (Å²) in [7, 11) is 0. The van der Waals surface area contributed by atoms with Crippen molar-refractivity contribution in [2.45, 2.75) is 39.3 Å². The highest BCUT2D eigenvalue weighted by atomic mass is 16.6. The van der Waals surface area contributed by atoms with Gasteiger partial charge in [0.2, 0.25) is 0 Å². The van der Waals surface area contributed by atoms with Gasteiger partial charge in [0.25, 0.3) is 0 Å². The van der Waals surface area contributed by atoms with Crippen LogP contribution >= 0.6 is 0 Å². The molecule has 1 fully saturated rings. The first-order valence-corrected chi connectivity index (χ1v) is 5.35. The molecule has 0 N–H and O–H groups in total. The number of azide groups is 1. The van der Waals surface area contributed by atoms with Gasteiger partial charge >= 0.3 is 6.09 Å². The quantitative estimate of drug-likeness (QED) is 0.391. The highest BCUT2D eigenvalue weighted by molar-refractivity contribution is 5.68. The first-order valence-electron chi connectivity index (χ1n) is 5.35. The first-order chi connectivity index (χ1) is 7.33. The Morgan fingerprint density at radius 3 is 2.62 bits per heavy atom. The minimum absolute atomic E-state index is 0.141. The molecular formula is C10H18N4O2. The van der Waals surface area contributed by atoms with Crippen molar-refractivity contribution in [1.82, 2.24) is 4.90 Å². The van der Waals surface area contributed by atoms with E-state index in [1.807, 2.05) is 27.7 Å². The fourth-order valence-corrected chi connectivity index (χ4v) is 1.64. The van der Waals surface area contributed by atoms with E-state index in [9.17, 15) is 4.79 Å². The van der Waals surface area contributed by atoms with Gasteiger partial charge in [-0.3, -0.25) is 0 Å². The Morgan fingerprint density at radius 2 is 2.12 bits per heavy atom. The zero-order chi connectivity index (χ0) is 12.3. The van der Waals surface area contributed by atoms with Crippen LogP contribution in [0.5, 0.6) is 0 Å². The monoisotopic (exact) mass is 226 g/mol. The van der Waals surface area contributed by atoms with Gasteiger partial charge < -0.3 is 9.64 Å². The number of amides is 1. The summed E-state index contributed by atoms with van der Waals surface area (Å²) < 4.78 is 5.25. The minimum atomic E-state index is -0.489. The molecule has 1 aliphatic rings. The maximum Gasteiger partial charge on any atom is 0.410 e. The third kappa shape index (κ3) is 3.31. The highest BCUT2D eigenvalue weighted by Crippen LogP contribution is 2.21. The lowest BCUT2D eigenvalue weighted by atomic mass is 10.1. The normalized spacial score (nSPS) is 25.1. The van der Waals surface area contributed by atoms with Crippen LogP contribution in [-0.2, 0) is 4.74 Å². The summed E-state index contributed by atoms with van der Waals surface area (Å²) >= 11 is 0. The summed E-state index contributed by atoms with van der Waals surface area (Å²) in [6.45, 7) is 8.47. The van der Waals surface area contributed by atoms with Crippen molar-refractivity contribution in [3.05, 3.63) is 10.4 Å². The number of carbonyl (C=O) groups excluding carboxylic acids is 1. The molecule has 1 rings (SSSR count). The number of likely N-dealkylation sites (tertiary alicyclic amines) is 1. The molecule has 0 spiro atoms. The second-order valence-corrected chi connectivity index (χ2v) is 5.13. The fraction of sp³-hybridized carbons (Fsp3) is 0.900. The van der Waals surface area contributed by atoms with Crippen molar-refractivity contribution in [3.8, 4) is 0 Å². The van der Waals surface area contributed by atoms with Gasteiger partial charge in [0.1, 0.15) is 5.60 Å². The van der Waals surface area contributed by atoms with Gasteiger partial charge in [0, 0.05) is 18.0 Å². The molecule has 0 aliphatic carbocycles. The number of carbonyl (C=O) groups is 1. The van der Waals surface area contributed by atoms with Crippen molar-refractivity contribution in [1.29, 1.82) is 0 Å². The van der Waals surface area contributed by atoms with Crippen molar-refractivity contribution in [2.24, 2.45) is 11.0 Å². The van der Waals surface area contributed by atoms with E-state index in [0.717, 1.165) is 0 Å². The van der Waals surface area contributed by atoms with Crippen LogP contribution in [0, 0.1) is 5.92 Å². The summed E-state index contributed by atoms with van der Waals surface area (Å²) in [6, 6.07) is -0.141. The largest absolute Gasteiger partial charge is 0.444 e. The SMILES string of the molecule is C[C@H]1CN(C(=O)OC(C)(C)C)CC1N=[N+]=[N-]. The highest BCUT2D eigenvalue weighted by Gasteiger charge is 2.33. The van der Waals surface area contributed by atoms with E-state index in [-0.39, 0.29) is 18.1 Å². The molecule has 1 amide bonds. The molecule has 0 aromatic heterocycles. The Kier molecular flexibility index (Phi) is 3.65. The summed E-state index contributed by atoms with van der Waals surface area (Å²) in [5.41, 5.74) is 7.89. The van der Waals surface area contributed by atoms with Gasteiger partial charge in [-0.05, 0) is 32.2 Å². The van der Waals surface area contributed by atoms with Gasteiger partial charge in [-0.15, -0.1) is 0 Å². The Balaban J connectivity index is 2.58. The van der Waals surface area contributed by atoms with E-state index < -0.39 is 5.60 Å². The van der Waals surface area contributed by atoms with Crippen LogP contribution in [0.15, 0.2) is 5.11 Å². The average Bonchev–Trinajstić information content (AvgIpc) is 2.46. The Hall–Kier alpha value is -1.42. The van der Waals surface area contributed by atoms with E-state index in [0.29, 0.717) is 13.1 Å². The predicted molar refractivity (Wildman–Crippen MR) is 59.9 cm³/mol. The van der Waals surface area contributed by atoms with E-state index >= 15 is 0 Å². The molecular weight excluding hydrogens is 208 g/mol. The maximum absolute atomic E-state index is 11.7. The van der Waals surface area contributed by atoms with Crippen LogP contribution in [-0.4, -0.2) is 35.7 Å². The van der Waals surface area contributed by atoms with Gasteiger partial charge in [0.05, 0.1) is 6.04 Å². The number of hydrogen-bond acceptors (Lipinski definition) is 3. The molecule has 0 aromatic rings. The van der Waals surface area contributed by atoms with E-state index in [1.165, 1.54) is 0 Å².